The van der Waals surface area contributed by atoms with Gasteiger partial charge in [-0.25, -0.2) is 13.1 Å². The van der Waals surface area contributed by atoms with Crippen molar-refractivity contribution in [2.45, 2.75) is 18.1 Å². The highest BCUT2D eigenvalue weighted by Gasteiger charge is 2.23. The van der Waals surface area contributed by atoms with Crippen LogP contribution in [0.5, 0.6) is 0 Å². The van der Waals surface area contributed by atoms with Crippen molar-refractivity contribution in [2.75, 3.05) is 0 Å². The van der Waals surface area contributed by atoms with E-state index in [1.54, 1.807) is 6.92 Å². The molecule has 1 heterocycles. The smallest absolute Gasteiger partial charge is 0.204 e. The van der Waals surface area contributed by atoms with Gasteiger partial charge < -0.3 is 0 Å². The van der Waals surface area contributed by atoms with Gasteiger partial charge in [-0.3, -0.25) is 0 Å². The third kappa shape index (κ3) is 3.37. The number of hydrogen-bond acceptors (Lipinski definition) is 5. The average Bonchev–Trinajstić information content (AvgIpc) is 2.77. The van der Waals surface area contributed by atoms with Crippen molar-refractivity contribution in [2.24, 2.45) is 7.05 Å². The van der Waals surface area contributed by atoms with Crippen LogP contribution in [0.2, 0.25) is 0 Å². The van der Waals surface area contributed by atoms with Crippen molar-refractivity contribution >= 4 is 26.0 Å². The standard InChI is InChI=1S/C10H12BrN5O2S/c1-7(8-3-5-9(11)6-4-8)14-19(17,18)10-12-15-16(2)13-10/h3-7,14H,1-2H3. The predicted molar refractivity (Wildman–Crippen MR) is 71.7 cm³/mol. The van der Waals surface area contributed by atoms with E-state index in [9.17, 15) is 8.42 Å². The lowest BCUT2D eigenvalue weighted by Gasteiger charge is -2.12. The van der Waals surface area contributed by atoms with Gasteiger partial charge in [0, 0.05) is 10.5 Å². The maximum Gasteiger partial charge on any atom is 0.303 e. The van der Waals surface area contributed by atoms with Crippen LogP contribution in [-0.4, -0.2) is 28.6 Å². The van der Waals surface area contributed by atoms with Gasteiger partial charge in [-0.15, -0.1) is 5.10 Å². The Bertz CT molecular complexity index is 667. The van der Waals surface area contributed by atoms with Crippen molar-refractivity contribution in [1.82, 2.24) is 24.9 Å². The number of benzene rings is 1. The Labute approximate surface area is 119 Å². The predicted octanol–water partition coefficient (Wildman–Crippen LogP) is 1.01. The van der Waals surface area contributed by atoms with Crippen molar-refractivity contribution in [3.8, 4) is 0 Å². The molecular weight excluding hydrogens is 334 g/mol. The van der Waals surface area contributed by atoms with Crippen LogP contribution in [0.1, 0.15) is 18.5 Å². The number of sulfonamides is 1. The molecule has 1 atom stereocenters. The number of aromatic nitrogens is 4. The summed E-state index contributed by atoms with van der Waals surface area (Å²) < 4.78 is 27.4. The number of aryl methyl sites for hydroxylation is 1. The molecular formula is C10H12BrN5O2S. The van der Waals surface area contributed by atoms with Gasteiger partial charge in [0.2, 0.25) is 0 Å². The topological polar surface area (TPSA) is 89.8 Å². The van der Waals surface area contributed by atoms with Crippen LogP contribution in [-0.2, 0) is 17.1 Å². The summed E-state index contributed by atoms with van der Waals surface area (Å²) >= 11 is 3.33. The molecule has 7 nitrogen and oxygen atoms in total. The van der Waals surface area contributed by atoms with Crippen molar-refractivity contribution in [3.05, 3.63) is 34.3 Å². The van der Waals surface area contributed by atoms with Gasteiger partial charge in [-0.1, -0.05) is 33.2 Å². The fourth-order valence-electron chi connectivity index (χ4n) is 1.48. The summed E-state index contributed by atoms with van der Waals surface area (Å²) in [7, 11) is -2.26. The Balaban J connectivity index is 2.18. The van der Waals surface area contributed by atoms with Crippen molar-refractivity contribution in [3.63, 3.8) is 0 Å². The highest BCUT2D eigenvalue weighted by atomic mass is 79.9. The molecule has 0 saturated carbocycles. The number of tetrazole rings is 1. The second-order valence-corrected chi connectivity index (χ2v) is 6.48. The van der Waals surface area contributed by atoms with E-state index in [0.29, 0.717) is 0 Å². The zero-order valence-corrected chi connectivity index (χ0v) is 12.7. The summed E-state index contributed by atoms with van der Waals surface area (Å²) in [6.07, 6.45) is 0. The van der Waals surface area contributed by atoms with Crippen LogP contribution < -0.4 is 4.72 Å². The highest BCUT2D eigenvalue weighted by Crippen LogP contribution is 2.18. The monoisotopic (exact) mass is 345 g/mol. The minimum Gasteiger partial charge on any atom is -0.204 e. The van der Waals surface area contributed by atoms with Crippen LogP contribution in [0.15, 0.2) is 33.9 Å². The number of nitrogens with zero attached hydrogens (tertiary/aromatic N) is 4. The molecule has 2 aromatic rings. The molecule has 0 aliphatic carbocycles. The molecule has 1 aromatic heterocycles. The molecule has 1 aromatic carbocycles. The molecule has 9 heteroatoms. The van der Waals surface area contributed by atoms with Gasteiger partial charge in [0.1, 0.15) is 0 Å². The summed E-state index contributed by atoms with van der Waals surface area (Å²) in [6.45, 7) is 1.75. The van der Waals surface area contributed by atoms with Crippen LogP contribution in [0.3, 0.4) is 0 Å². The Morgan fingerprint density at radius 2 is 1.95 bits per heavy atom. The molecule has 0 amide bonds. The first kappa shape index (κ1) is 14.1. The first-order valence-corrected chi connectivity index (χ1v) is 7.68. The molecule has 0 bridgehead atoms. The van der Waals surface area contributed by atoms with E-state index in [2.05, 4.69) is 36.1 Å². The fraction of sp³-hybridized carbons (Fsp3) is 0.300. The van der Waals surface area contributed by atoms with Crippen molar-refractivity contribution in [1.29, 1.82) is 0 Å². The summed E-state index contributed by atoms with van der Waals surface area (Å²) in [4.78, 5) is 1.10. The third-order valence-electron chi connectivity index (χ3n) is 2.43. The van der Waals surface area contributed by atoms with Gasteiger partial charge in [-0.2, -0.15) is 4.80 Å². The SMILES string of the molecule is CC(NS(=O)(=O)c1nnn(C)n1)c1ccc(Br)cc1. The average molecular weight is 346 g/mol. The second-order valence-electron chi connectivity index (χ2n) is 3.96. The maximum absolute atomic E-state index is 12.0. The van der Waals surface area contributed by atoms with Gasteiger partial charge >= 0.3 is 5.16 Å². The first-order chi connectivity index (χ1) is 8.88. The van der Waals surface area contributed by atoms with E-state index in [1.165, 1.54) is 7.05 Å². The lowest BCUT2D eigenvalue weighted by molar-refractivity contribution is 0.555. The lowest BCUT2D eigenvalue weighted by atomic mass is 10.1. The zero-order valence-electron chi connectivity index (χ0n) is 10.3. The Morgan fingerprint density at radius 3 is 2.47 bits per heavy atom. The highest BCUT2D eigenvalue weighted by molar-refractivity contribution is 9.10. The van der Waals surface area contributed by atoms with Gasteiger partial charge in [-0.05, 0) is 29.8 Å². The van der Waals surface area contributed by atoms with Gasteiger partial charge in [0.15, 0.2) is 0 Å². The minimum atomic E-state index is -3.76. The maximum atomic E-state index is 12.0. The molecule has 19 heavy (non-hydrogen) atoms. The van der Waals surface area contributed by atoms with E-state index < -0.39 is 10.0 Å². The number of rotatable bonds is 4. The molecule has 102 valence electrons. The van der Waals surface area contributed by atoms with Crippen LogP contribution in [0.25, 0.3) is 0 Å². The second kappa shape index (κ2) is 5.35. The molecule has 0 aliphatic rings. The fourth-order valence-corrected chi connectivity index (χ4v) is 2.82. The molecule has 0 aliphatic heterocycles. The Hall–Kier alpha value is -1.32. The van der Waals surface area contributed by atoms with Crippen LogP contribution >= 0.6 is 15.9 Å². The van der Waals surface area contributed by atoms with Crippen LogP contribution in [0.4, 0.5) is 0 Å². The van der Waals surface area contributed by atoms with Crippen molar-refractivity contribution < 1.29 is 8.42 Å². The van der Waals surface area contributed by atoms with E-state index in [4.69, 9.17) is 0 Å². The Morgan fingerprint density at radius 1 is 1.32 bits per heavy atom. The number of nitrogens with one attached hydrogen (secondary N) is 1. The van der Waals surface area contributed by atoms with E-state index in [1.807, 2.05) is 24.3 Å². The molecule has 1 unspecified atom stereocenters. The molecule has 0 spiro atoms. The summed E-state index contributed by atoms with van der Waals surface area (Å²) in [5, 5.41) is 10.3. The molecule has 2 rings (SSSR count). The van der Waals surface area contributed by atoms with E-state index >= 15 is 0 Å². The zero-order chi connectivity index (χ0) is 14.0. The molecule has 0 radical (unpaired) electrons. The molecule has 0 saturated heterocycles. The third-order valence-corrected chi connectivity index (χ3v) is 4.27. The minimum absolute atomic E-state index is 0.334. The number of halogens is 1. The quantitative estimate of drug-likeness (QED) is 0.893. The van der Waals surface area contributed by atoms with Gasteiger partial charge in [0.25, 0.3) is 10.0 Å². The molecule has 0 fully saturated rings. The van der Waals surface area contributed by atoms with E-state index in [0.717, 1.165) is 14.8 Å². The normalized spacial score (nSPS) is 13.4. The summed E-state index contributed by atoms with van der Waals surface area (Å²) in [6, 6.07) is 6.98. The largest absolute Gasteiger partial charge is 0.303 e. The summed E-state index contributed by atoms with van der Waals surface area (Å²) in [5.41, 5.74) is 0.843. The summed E-state index contributed by atoms with van der Waals surface area (Å²) in [5.74, 6) is 0. The first-order valence-electron chi connectivity index (χ1n) is 5.40. The van der Waals surface area contributed by atoms with Crippen LogP contribution in [0, 0.1) is 0 Å². The van der Waals surface area contributed by atoms with Gasteiger partial charge in [0.05, 0.1) is 7.05 Å². The number of hydrogen-bond donors (Lipinski definition) is 1. The molecule has 1 N–H and O–H groups in total. The lowest BCUT2D eigenvalue weighted by Crippen LogP contribution is -2.28. The van der Waals surface area contributed by atoms with E-state index in [-0.39, 0.29) is 11.2 Å². The Kier molecular flexibility index (Phi) is 3.97.